The molecule has 1 amide bonds. The Morgan fingerprint density at radius 3 is 2.70 bits per heavy atom. The zero-order valence-electron chi connectivity index (χ0n) is 11.5. The standard InChI is InChI=1S/C14H18N4O2/c1-10(14-16-7-8-18(14)2)17-11-3-5-12(6-4-11)20-9-13(15)19/h3-8,10,17H,9H2,1-2H3,(H2,15,19). The molecule has 0 bridgehead atoms. The normalized spacial score (nSPS) is 11.9. The summed E-state index contributed by atoms with van der Waals surface area (Å²) in [6.07, 6.45) is 3.68. The molecule has 2 aromatic rings. The molecule has 6 heteroatoms. The third-order valence-electron chi connectivity index (χ3n) is 2.86. The van der Waals surface area contributed by atoms with E-state index < -0.39 is 5.91 Å². The SMILES string of the molecule is CC(Nc1ccc(OCC(N)=O)cc1)c1nccn1C. The maximum absolute atomic E-state index is 10.6. The number of carbonyl (C=O) groups is 1. The van der Waals surface area contributed by atoms with Gasteiger partial charge in [0.2, 0.25) is 0 Å². The average Bonchev–Trinajstić information content (AvgIpc) is 2.84. The van der Waals surface area contributed by atoms with Gasteiger partial charge in [-0.2, -0.15) is 0 Å². The lowest BCUT2D eigenvalue weighted by atomic mass is 10.2. The highest BCUT2D eigenvalue weighted by Gasteiger charge is 2.09. The molecule has 3 N–H and O–H groups in total. The molecule has 106 valence electrons. The van der Waals surface area contributed by atoms with Crippen LogP contribution in [-0.4, -0.2) is 22.1 Å². The van der Waals surface area contributed by atoms with Crippen LogP contribution >= 0.6 is 0 Å². The number of rotatable bonds is 6. The monoisotopic (exact) mass is 274 g/mol. The molecule has 20 heavy (non-hydrogen) atoms. The Hall–Kier alpha value is -2.50. The van der Waals surface area contributed by atoms with Gasteiger partial charge in [0, 0.05) is 25.1 Å². The summed E-state index contributed by atoms with van der Waals surface area (Å²) < 4.78 is 7.17. The first-order valence-electron chi connectivity index (χ1n) is 6.31. The van der Waals surface area contributed by atoms with Gasteiger partial charge < -0.3 is 20.4 Å². The topological polar surface area (TPSA) is 82.2 Å². The zero-order chi connectivity index (χ0) is 14.5. The van der Waals surface area contributed by atoms with E-state index in [9.17, 15) is 4.79 Å². The predicted octanol–water partition coefficient (Wildman–Crippen LogP) is 1.46. The van der Waals surface area contributed by atoms with Gasteiger partial charge in [-0.1, -0.05) is 0 Å². The van der Waals surface area contributed by atoms with Crippen LogP contribution in [-0.2, 0) is 11.8 Å². The number of nitrogens with one attached hydrogen (secondary N) is 1. The molecule has 6 nitrogen and oxygen atoms in total. The van der Waals surface area contributed by atoms with Gasteiger partial charge in [0.1, 0.15) is 11.6 Å². The van der Waals surface area contributed by atoms with Gasteiger partial charge >= 0.3 is 0 Å². The van der Waals surface area contributed by atoms with E-state index in [2.05, 4.69) is 10.3 Å². The van der Waals surface area contributed by atoms with Crippen molar-refractivity contribution in [2.45, 2.75) is 13.0 Å². The third-order valence-corrected chi connectivity index (χ3v) is 2.86. The van der Waals surface area contributed by atoms with Crippen molar-refractivity contribution in [3.05, 3.63) is 42.5 Å². The zero-order valence-corrected chi connectivity index (χ0v) is 11.5. The first-order valence-corrected chi connectivity index (χ1v) is 6.31. The van der Waals surface area contributed by atoms with E-state index in [-0.39, 0.29) is 12.6 Å². The lowest BCUT2D eigenvalue weighted by Gasteiger charge is -2.15. The molecule has 1 atom stereocenters. The molecular formula is C14H18N4O2. The molecule has 1 heterocycles. The molecule has 1 aromatic carbocycles. The summed E-state index contributed by atoms with van der Waals surface area (Å²) in [6.45, 7) is 1.93. The largest absolute Gasteiger partial charge is 0.484 e. The molecular weight excluding hydrogens is 256 g/mol. The quantitative estimate of drug-likeness (QED) is 0.835. The lowest BCUT2D eigenvalue weighted by Crippen LogP contribution is -2.20. The van der Waals surface area contributed by atoms with Crippen LogP contribution in [0.25, 0.3) is 0 Å². The number of hydrogen-bond acceptors (Lipinski definition) is 4. The lowest BCUT2D eigenvalue weighted by molar-refractivity contribution is -0.119. The Balaban J connectivity index is 1.97. The number of ether oxygens (including phenoxy) is 1. The summed E-state index contributed by atoms with van der Waals surface area (Å²) >= 11 is 0. The Bertz CT molecular complexity index is 577. The van der Waals surface area contributed by atoms with Gasteiger partial charge in [-0.05, 0) is 31.2 Å². The summed E-state index contributed by atoms with van der Waals surface area (Å²) in [5, 5.41) is 3.35. The Kier molecular flexibility index (Phi) is 4.24. The molecule has 2 rings (SSSR count). The van der Waals surface area contributed by atoms with E-state index in [0.29, 0.717) is 5.75 Å². The number of nitrogens with two attached hydrogens (primary N) is 1. The molecule has 1 aromatic heterocycles. The Morgan fingerprint density at radius 2 is 2.15 bits per heavy atom. The molecule has 0 aliphatic rings. The summed E-state index contributed by atoms with van der Waals surface area (Å²) in [5.41, 5.74) is 5.97. The number of imidazole rings is 1. The molecule has 0 saturated heterocycles. The fourth-order valence-corrected chi connectivity index (χ4v) is 1.91. The second-order valence-corrected chi connectivity index (χ2v) is 4.54. The first-order chi connectivity index (χ1) is 9.56. The number of aryl methyl sites for hydroxylation is 1. The molecule has 0 aliphatic carbocycles. The highest BCUT2D eigenvalue weighted by Crippen LogP contribution is 2.20. The molecule has 0 saturated carbocycles. The van der Waals surface area contributed by atoms with E-state index in [1.54, 1.807) is 18.3 Å². The minimum atomic E-state index is -0.490. The number of amides is 1. The van der Waals surface area contributed by atoms with Crippen LogP contribution in [0.15, 0.2) is 36.7 Å². The minimum Gasteiger partial charge on any atom is -0.484 e. The second-order valence-electron chi connectivity index (χ2n) is 4.54. The highest BCUT2D eigenvalue weighted by molar-refractivity contribution is 5.75. The maximum atomic E-state index is 10.6. The smallest absolute Gasteiger partial charge is 0.255 e. The molecule has 0 fully saturated rings. The highest BCUT2D eigenvalue weighted by atomic mass is 16.5. The Labute approximate surface area is 117 Å². The van der Waals surface area contributed by atoms with Crippen LogP contribution in [0.5, 0.6) is 5.75 Å². The predicted molar refractivity (Wildman–Crippen MR) is 76.4 cm³/mol. The van der Waals surface area contributed by atoms with Gasteiger partial charge in [0.25, 0.3) is 5.91 Å². The van der Waals surface area contributed by atoms with Gasteiger partial charge in [-0.25, -0.2) is 4.98 Å². The number of anilines is 1. The van der Waals surface area contributed by atoms with Crippen molar-refractivity contribution in [2.24, 2.45) is 12.8 Å². The average molecular weight is 274 g/mol. The molecule has 0 spiro atoms. The second kappa shape index (κ2) is 6.10. The van der Waals surface area contributed by atoms with Crippen LogP contribution in [0.2, 0.25) is 0 Å². The van der Waals surface area contributed by atoms with Gasteiger partial charge in [-0.15, -0.1) is 0 Å². The van der Waals surface area contributed by atoms with Crippen molar-refractivity contribution in [1.82, 2.24) is 9.55 Å². The van der Waals surface area contributed by atoms with E-state index in [1.807, 2.05) is 36.9 Å². The van der Waals surface area contributed by atoms with Crippen LogP contribution in [0.4, 0.5) is 5.69 Å². The van der Waals surface area contributed by atoms with Crippen molar-refractivity contribution < 1.29 is 9.53 Å². The van der Waals surface area contributed by atoms with Crippen molar-refractivity contribution in [1.29, 1.82) is 0 Å². The number of aromatic nitrogens is 2. The first kappa shape index (κ1) is 13.9. The fraction of sp³-hybridized carbons (Fsp3) is 0.286. The van der Waals surface area contributed by atoms with Crippen molar-refractivity contribution >= 4 is 11.6 Å². The van der Waals surface area contributed by atoms with Crippen LogP contribution < -0.4 is 15.8 Å². The summed E-state index contributed by atoms with van der Waals surface area (Å²) in [7, 11) is 1.96. The molecule has 0 radical (unpaired) electrons. The number of primary amides is 1. The summed E-state index contributed by atoms with van der Waals surface area (Å²) in [4.78, 5) is 14.9. The number of nitrogens with zero attached hydrogens (tertiary/aromatic N) is 2. The van der Waals surface area contributed by atoms with Crippen LogP contribution in [0.3, 0.4) is 0 Å². The minimum absolute atomic E-state index is 0.0902. The van der Waals surface area contributed by atoms with Crippen LogP contribution in [0, 0.1) is 0 Å². The van der Waals surface area contributed by atoms with E-state index >= 15 is 0 Å². The van der Waals surface area contributed by atoms with E-state index in [0.717, 1.165) is 11.5 Å². The van der Waals surface area contributed by atoms with E-state index in [4.69, 9.17) is 10.5 Å². The van der Waals surface area contributed by atoms with Crippen LogP contribution in [0.1, 0.15) is 18.8 Å². The summed E-state index contributed by atoms with van der Waals surface area (Å²) in [6, 6.07) is 7.44. The number of carbonyl (C=O) groups excluding carboxylic acids is 1. The molecule has 0 aliphatic heterocycles. The van der Waals surface area contributed by atoms with Gasteiger partial charge in [0.15, 0.2) is 6.61 Å². The molecule has 1 unspecified atom stereocenters. The number of hydrogen-bond donors (Lipinski definition) is 2. The van der Waals surface area contributed by atoms with Crippen molar-refractivity contribution in [3.63, 3.8) is 0 Å². The van der Waals surface area contributed by atoms with Gasteiger partial charge in [-0.3, -0.25) is 4.79 Å². The third kappa shape index (κ3) is 3.50. The Morgan fingerprint density at radius 1 is 1.45 bits per heavy atom. The fourth-order valence-electron chi connectivity index (χ4n) is 1.91. The van der Waals surface area contributed by atoms with Crippen molar-refractivity contribution in [3.8, 4) is 5.75 Å². The summed E-state index contributed by atoms with van der Waals surface area (Å²) in [5.74, 6) is 1.08. The van der Waals surface area contributed by atoms with E-state index in [1.165, 1.54) is 0 Å². The maximum Gasteiger partial charge on any atom is 0.255 e. The van der Waals surface area contributed by atoms with Gasteiger partial charge in [0.05, 0.1) is 6.04 Å². The van der Waals surface area contributed by atoms with Crippen molar-refractivity contribution in [2.75, 3.05) is 11.9 Å². The number of benzene rings is 1.